The first-order chi connectivity index (χ1) is 9.75. The number of carbonyl (C=O) groups is 1. The summed E-state index contributed by atoms with van der Waals surface area (Å²) in [4.78, 5) is 19.7. The highest BCUT2D eigenvalue weighted by Gasteiger charge is 2.15. The van der Waals surface area contributed by atoms with Gasteiger partial charge < -0.3 is 10.3 Å². The van der Waals surface area contributed by atoms with Crippen molar-refractivity contribution in [3.63, 3.8) is 0 Å². The second-order valence-electron chi connectivity index (χ2n) is 4.70. The van der Waals surface area contributed by atoms with Crippen LogP contribution in [0.3, 0.4) is 0 Å². The van der Waals surface area contributed by atoms with E-state index in [-0.39, 0.29) is 11.9 Å². The topological polar surface area (TPSA) is 57.8 Å². The number of nitrogens with one attached hydrogen (secondary N) is 2. The zero-order chi connectivity index (χ0) is 13.9. The third-order valence-electron chi connectivity index (χ3n) is 3.31. The maximum absolute atomic E-state index is 12.3. The van der Waals surface area contributed by atoms with Crippen molar-refractivity contribution in [2.24, 2.45) is 0 Å². The first-order valence-electron chi connectivity index (χ1n) is 6.53. The lowest BCUT2D eigenvalue weighted by Crippen LogP contribution is -2.26. The highest BCUT2D eigenvalue weighted by molar-refractivity contribution is 6.06. The van der Waals surface area contributed by atoms with Gasteiger partial charge in [0.25, 0.3) is 5.91 Å². The van der Waals surface area contributed by atoms with Crippen molar-refractivity contribution < 1.29 is 4.79 Å². The largest absolute Gasteiger partial charge is 0.360 e. The van der Waals surface area contributed by atoms with Crippen molar-refractivity contribution in [2.45, 2.75) is 13.0 Å². The number of carbonyl (C=O) groups excluding carboxylic acids is 1. The Morgan fingerprint density at radius 3 is 2.80 bits per heavy atom. The molecule has 0 aliphatic heterocycles. The highest BCUT2D eigenvalue weighted by Crippen LogP contribution is 2.18. The summed E-state index contributed by atoms with van der Waals surface area (Å²) in [7, 11) is 0. The van der Waals surface area contributed by atoms with E-state index in [4.69, 9.17) is 0 Å². The van der Waals surface area contributed by atoms with Crippen LogP contribution in [-0.2, 0) is 0 Å². The Hall–Kier alpha value is -2.62. The van der Waals surface area contributed by atoms with Gasteiger partial charge in [-0.3, -0.25) is 9.78 Å². The average Bonchev–Trinajstić information content (AvgIpc) is 2.92. The molecular formula is C16H15N3O. The van der Waals surface area contributed by atoms with Crippen LogP contribution in [0.2, 0.25) is 0 Å². The van der Waals surface area contributed by atoms with Crippen molar-refractivity contribution in [1.82, 2.24) is 15.3 Å². The van der Waals surface area contributed by atoms with E-state index in [2.05, 4.69) is 15.3 Å². The molecule has 100 valence electrons. The van der Waals surface area contributed by atoms with Gasteiger partial charge in [-0.1, -0.05) is 24.3 Å². The fraction of sp³-hybridized carbons (Fsp3) is 0.125. The second-order valence-corrected chi connectivity index (χ2v) is 4.70. The first kappa shape index (κ1) is 12.4. The minimum absolute atomic E-state index is 0.0967. The SMILES string of the molecule is CC(NC(=O)c1c[nH]c2ccccc12)c1ccccn1. The molecule has 20 heavy (non-hydrogen) atoms. The third-order valence-corrected chi connectivity index (χ3v) is 3.31. The molecule has 2 N–H and O–H groups in total. The van der Waals surface area contributed by atoms with Crippen LogP contribution in [-0.4, -0.2) is 15.9 Å². The van der Waals surface area contributed by atoms with Gasteiger partial charge in [0.15, 0.2) is 0 Å². The number of pyridine rings is 1. The van der Waals surface area contributed by atoms with E-state index >= 15 is 0 Å². The maximum Gasteiger partial charge on any atom is 0.253 e. The number of hydrogen-bond donors (Lipinski definition) is 2. The van der Waals surface area contributed by atoms with E-state index in [0.717, 1.165) is 16.6 Å². The lowest BCUT2D eigenvalue weighted by atomic mass is 10.1. The summed E-state index contributed by atoms with van der Waals surface area (Å²) >= 11 is 0. The van der Waals surface area contributed by atoms with Gasteiger partial charge in [0.05, 0.1) is 17.3 Å². The minimum atomic E-state index is -0.127. The molecule has 0 radical (unpaired) electrons. The highest BCUT2D eigenvalue weighted by atomic mass is 16.1. The zero-order valence-electron chi connectivity index (χ0n) is 11.1. The molecule has 4 heteroatoms. The molecule has 0 aliphatic rings. The van der Waals surface area contributed by atoms with Crippen molar-refractivity contribution in [3.8, 4) is 0 Å². The summed E-state index contributed by atoms with van der Waals surface area (Å²) in [6.07, 6.45) is 3.47. The van der Waals surface area contributed by atoms with Crippen LogP contribution in [0.4, 0.5) is 0 Å². The van der Waals surface area contributed by atoms with Gasteiger partial charge >= 0.3 is 0 Å². The van der Waals surface area contributed by atoms with Crippen LogP contribution in [0.15, 0.2) is 54.9 Å². The van der Waals surface area contributed by atoms with E-state index in [0.29, 0.717) is 5.56 Å². The standard InChI is InChI=1S/C16H15N3O/c1-11(14-7-4-5-9-17-14)19-16(20)13-10-18-15-8-3-2-6-12(13)15/h2-11,18H,1H3,(H,19,20). The number of aromatic amines is 1. The molecule has 1 unspecified atom stereocenters. The Balaban J connectivity index is 1.83. The van der Waals surface area contributed by atoms with Gasteiger partial charge in [0.1, 0.15) is 0 Å². The fourth-order valence-corrected chi connectivity index (χ4v) is 2.24. The number of para-hydroxylation sites is 1. The van der Waals surface area contributed by atoms with E-state index in [1.165, 1.54) is 0 Å². The van der Waals surface area contributed by atoms with Crippen LogP contribution in [0, 0.1) is 0 Å². The molecular weight excluding hydrogens is 250 g/mol. The smallest absolute Gasteiger partial charge is 0.253 e. The molecule has 0 fully saturated rings. The summed E-state index contributed by atoms with van der Waals surface area (Å²) in [5.41, 5.74) is 2.47. The van der Waals surface area contributed by atoms with E-state index in [9.17, 15) is 4.79 Å². The van der Waals surface area contributed by atoms with Gasteiger partial charge in [-0.25, -0.2) is 0 Å². The molecule has 1 aromatic carbocycles. The monoisotopic (exact) mass is 265 g/mol. The number of rotatable bonds is 3. The van der Waals surface area contributed by atoms with Crippen LogP contribution in [0.1, 0.15) is 29.0 Å². The van der Waals surface area contributed by atoms with Gasteiger partial charge in [-0.2, -0.15) is 0 Å². The molecule has 0 saturated carbocycles. The molecule has 0 bridgehead atoms. The summed E-state index contributed by atoms with van der Waals surface area (Å²) in [6.45, 7) is 1.93. The number of hydrogen-bond acceptors (Lipinski definition) is 2. The Kier molecular flexibility index (Phi) is 3.21. The number of fused-ring (bicyclic) bond motifs is 1. The normalized spacial score (nSPS) is 12.2. The number of benzene rings is 1. The zero-order valence-corrected chi connectivity index (χ0v) is 11.1. The van der Waals surface area contributed by atoms with Crippen LogP contribution < -0.4 is 5.32 Å². The van der Waals surface area contributed by atoms with Crippen molar-refractivity contribution in [3.05, 3.63) is 66.1 Å². The molecule has 0 aliphatic carbocycles. The molecule has 0 saturated heterocycles. The molecule has 1 atom stereocenters. The maximum atomic E-state index is 12.3. The van der Waals surface area contributed by atoms with Crippen molar-refractivity contribution in [2.75, 3.05) is 0 Å². The van der Waals surface area contributed by atoms with Crippen LogP contribution >= 0.6 is 0 Å². The number of amides is 1. The predicted octanol–water partition coefficient (Wildman–Crippen LogP) is 3.05. The van der Waals surface area contributed by atoms with Gasteiger partial charge in [0.2, 0.25) is 0 Å². The number of nitrogens with zero attached hydrogens (tertiary/aromatic N) is 1. The first-order valence-corrected chi connectivity index (χ1v) is 6.53. The minimum Gasteiger partial charge on any atom is -0.360 e. The van der Waals surface area contributed by atoms with E-state index in [1.54, 1.807) is 12.4 Å². The average molecular weight is 265 g/mol. The van der Waals surface area contributed by atoms with Crippen molar-refractivity contribution >= 4 is 16.8 Å². The molecule has 4 nitrogen and oxygen atoms in total. The summed E-state index contributed by atoms with van der Waals surface area (Å²) in [5, 5.41) is 3.90. The molecule has 0 spiro atoms. The molecule has 2 aromatic heterocycles. The van der Waals surface area contributed by atoms with Gasteiger partial charge in [-0.05, 0) is 25.1 Å². The Bertz CT molecular complexity index is 734. The fourth-order valence-electron chi connectivity index (χ4n) is 2.24. The molecule has 2 heterocycles. The van der Waals surface area contributed by atoms with Gasteiger partial charge in [0, 0.05) is 23.3 Å². The van der Waals surface area contributed by atoms with Crippen molar-refractivity contribution in [1.29, 1.82) is 0 Å². The Labute approximate surface area is 116 Å². The lowest BCUT2D eigenvalue weighted by Gasteiger charge is -2.12. The van der Waals surface area contributed by atoms with Crippen LogP contribution in [0.5, 0.6) is 0 Å². The van der Waals surface area contributed by atoms with E-state index < -0.39 is 0 Å². The lowest BCUT2D eigenvalue weighted by molar-refractivity contribution is 0.0941. The quantitative estimate of drug-likeness (QED) is 0.764. The predicted molar refractivity (Wildman–Crippen MR) is 78.4 cm³/mol. The number of H-pyrrole nitrogens is 1. The van der Waals surface area contributed by atoms with Crippen LogP contribution in [0.25, 0.3) is 10.9 Å². The summed E-state index contributed by atoms with van der Waals surface area (Å²) in [6, 6.07) is 13.3. The Morgan fingerprint density at radius 2 is 2.00 bits per heavy atom. The molecule has 3 aromatic rings. The number of aromatic nitrogens is 2. The molecule has 3 rings (SSSR count). The third kappa shape index (κ3) is 2.28. The van der Waals surface area contributed by atoms with Gasteiger partial charge in [-0.15, -0.1) is 0 Å². The molecule has 1 amide bonds. The summed E-state index contributed by atoms with van der Waals surface area (Å²) in [5.74, 6) is -0.0967. The summed E-state index contributed by atoms with van der Waals surface area (Å²) < 4.78 is 0. The van der Waals surface area contributed by atoms with E-state index in [1.807, 2.05) is 49.4 Å². The Morgan fingerprint density at radius 1 is 1.20 bits per heavy atom. The second kappa shape index (κ2) is 5.17.